The fourth-order valence-corrected chi connectivity index (χ4v) is 2.43. The van der Waals surface area contributed by atoms with Gasteiger partial charge in [0.1, 0.15) is 5.75 Å². The van der Waals surface area contributed by atoms with E-state index in [1.165, 1.54) is 0 Å². The monoisotopic (exact) mass is 296 g/mol. The Bertz CT molecular complexity index is 698. The average molecular weight is 296 g/mol. The standard InChI is InChI=1S/C17H16N2O3/c20-16(19-12-5-2-1-3-6-12)11-22-15-8-4-7-14-13(15)9-10-18-17(14)21/h1-8H,9-11H2,(H,18,21)(H,19,20). The number of hydrogen-bond acceptors (Lipinski definition) is 3. The van der Waals surface area contributed by atoms with E-state index < -0.39 is 0 Å². The lowest BCUT2D eigenvalue weighted by molar-refractivity contribution is -0.118. The molecule has 1 heterocycles. The molecular formula is C17H16N2O3. The zero-order chi connectivity index (χ0) is 15.4. The van der Waals surface area contributed by atoms with Crippen LogP contribution >= 0.6 is 0 Å². The van der Waals surface area contributed by atoms with Crippen LogP contribution in [0.3, 0.4) is 0 Å². The van der Waals surface area contributed by atoms with Gasteiger partial charge in [0.25, 0.3) is 11.8 Å². The molecule has 2 N–H and O–H groups in total. The second-order valence-corrected chi connectivity index (χ2v) is 4.99. The van der Waals surface area contributed by atoms with E-state index in [1.54, 1.807) is 18.2 Å². The molecule has 3 rings (SSSR count). The highest BCUT2D eigenvalue weighted by Crippen LogP contribution is 2.25. The number of carbonyl (C=O) groups excluding carboxylic acids is 2. The molecule has 2 aromatic carbocycles. The molecule has 0 unspecified atom stereocenters. The molecule has 0 fully saturated rings. The molecule has 0 radical (unpaired) electrons. The third kappa shape index (κ3) is 3.09. The summed E-state index contributed by atoms with van der Waals surface area (Å²) in [5, 5.41) is 5.55. The molecule has 1 aliphatic heterocycles. The number of carbonyl (C=O) groups is 2. The molecular weight excluding hydrogens is 280 g/mol. The first-order valence-electron chi connectivity index (χ1n) is 7.12. The lowest BCUT2D eigenvalue weighted by Gasteiger charge is -2.19. The summed E-state index contributed by atoms with van der Waals surface area (Å²) in [7, 11) is 0. The van der Waals surface area contributed by atoms with Gasteiger partial charge in [0.15, 0.2) is 6.61 Å². The maximum absolute atomic E-state index is 11.9. The van der Waals surface area contributed by atoms with Crippen molar-refractivity contribution >= 4 is 17.5 Å². The van der Waals surface area contributed by atoms with Crippen molar-refractivity contribution in [3.05, 3.63) is 59.7 Å². The molecule has 5 heteroatoms. The van der Waals surface area contributed by atoms with Gasteiger partial charge in [-0.2, -0.15) is 0 Å². The van der Waals surface area contributed by atoms with Gasteiger partial charge >= 0.3 is 0 Å². The van der Waals surface area contributed by atoms with E-state index in [9.17, 15) is 9.59 Å². The Balaban J connectivity index is 1.66. The van der Waals surface area contributed by atoms with Gasteiger partial charge < -0.3 is 15.4 Å². The van der Waals surface area contributed by atoms with Crippen LogP contribution in [0.4, 0.5) is 5.69 Å². The third-order valence-corrected chi connectivity index (χ3v) is 3.45. The van der Waals surface area contributed by atoms with Crippen molar-refractivity contribution in [3.8, 4) is 5.75 Å². The Morgan fingerprint density at radius 2 is 1.95 bits per heavy atom. The summed E-state index contributed by atoms with van der Waals surface area (Å²) in [6, 6.07) is 14.5. The Morgan fingerprint density at radius 1 is 1.14 bits per heavy atom. The number of para-hydroxylation sites is 1. The number of hydrogen-bond donors (Lipinski definition) is 2. The molecule has 112 valence electrons. The topological polar surface area (TPSA) is 67.4 Å². The number of rotatable bonds is 4. The zero-order valence-corrected chi connectivity index (χ0v) is 12.0. The third-order valence-electron chi connectivity index (χ3n) is 3.45. The summed E-state index contributed by atoms with van der Waals surface area (Å²) in [5.74, 6) is 0.264. The first-order chi connectivity index (χ1) is 10.7. The summed E-state index contributed by atoms with van der Waals surface area (Å²) in [5.41, 5.74) is 2.21. The molecule has 0 spiro atoms. The predicted molar refractivity (Wildman–Crippen MR) is 83.0 cm³/mol. The van der Waals surface area contributed by atoms with Crippen LogP contribution < -0.4 is 15.4 Å². The highest BCUT2D eigenvalue weighted by atomic mass is 16.5. The largest absolute Gasteiger partial charge is 0.483 e. The zero-order valence-electron chi connectivity index (χ0n) is 12.0. The molecule has 2 amide bonds. The Morgan fingerprint density at radius 3 is 2.77 bits per heavy atom. The Labute approximate surface area is 128 Å². The van der Waals surface area contributed by atoms with Crippen molar-refractivity contribution < 1.29 is 14.3 Å². The van der Waals surface area contributed by atoms with E-state index in [-0.39, 0.29) is 18.4 Å². The van der Waals surface area contributed by atoms with E-state index in [1.807, 2.05) is 30.3 Å². The van der Waals surface area contributed by atoms with E-state index in [4.69, 9.17) is 4.74 Å². The van der Waals surface area contributed by atoms with E-state index in [0.717, 1.165) is 11.3 Å². The minimum absolute atomic E-state index is 0.0903. The van der Waals surface area contributed by atoms with Gasteiger partial charge in [0, 0.05) is 23.4 Å². The maximum atomic E-state index is 11.9. The highest BCUT2D eigenvalue weighted by molar-refractivity contribution is 5.97. The second-order valence-electron chi connectivity index (χ2n) is 4.99. The lowest BCUT2D eigenvalue weighted by atomic mass is 9.99. The molecule has 0 atom stereocenters. The minimum atomic E-state index is -0.232. The van der Waals surface area contributed by atoms with Gasteiger partial charge in [-0.05, 0) is 30.7 Å². The quantitative estimate of drug-likeness (QED) is 0.906. The van der Waals surface area contributed by atoms with Gasteiger partial charge in [0.2, 0.25) is 0 Å². The SMILES string of the molecule is O=C(COc1cccc2c1CCNC2=O)Nc1ccccc1. The van der Waals surface area contributed by atoms with Crippen LogP contribution in [0.1, 0.15) is 15.9 Å². The summed E-state index contributed by atoms with van der Waals surface area (Å²) in [6.45, 7) is 0.495. The van der Waals surface area contributed by atoms with Crippen LogP contribution in [0.5, 0.6) is 5.75 Å². The van der Waals surface area contributed by atoms with Crippen molar-refractivity contribution in [3.63, 3.8) is 0 Å². The van der Waals surface area contributed by atoms with Gasteiger partial charge in [-0.1, -0.05) is 24.3 Å². The van der Waals surface area contributed by atoms with Gasteiger partial charge in [0.05, 0.1) is 0 Å². The fraction of sp³-hybridized carbons (Fsp3) is 0.176. The van der Waals surface area contributed by atoms with Gasteiger partial charge in [-0.25, -0.2) is 0 Å². The van der Waals surface area contributed by atoms with Crippen LogP contribution in [0.25, 0.3) is 0 Å². The van der Waals surface area contributed by atoms with Crippen molar-refractivity contribution in [1.82, 2.24) is 5.32 Å². The molecule has 0 saturated carbocycles. The first kappa shape index (κ1) is 14.1. The Kier molecular flexibility index (Phi) is 4.05. The molecule has 0 aliphatic carbocycles. The van der Waals surface area contributed by atoms with E-state index in [0.29, 0.717) is 24.3 Å². The molecule has 22 heavy (non-hydrogen) atoms. The number of amides is 2. The van der Waals surface area contributed by atoms with E-state index in [2.05, 4.69) is 10.6 Å². The molecule has 0 bridgehead atoms. The van der Waals surface area contributed by atoms with E-state index >= 15 is 0 Å². The number of ether oxygens (including phenoxy) is 1. The van der Waals surface area contributed by atoms with Crippen molar-refractivity contribution in [1.29, 1.82) is 0 Å². The summed E-state index contributed by atoms with van der Waals surface area (Å²) >= 11 is 0. The van der Waals surface area contributed by atoms with Crippen LogP contribution in [-0.2, 0) is 11.2 Å². The highest BCUT2D eigenvalue weighted by Gasteiger charge is 2.20. The molecule has 1 aliphatic rings. The molecule has 2 aromatic rings. The van der Waals surface area contributed by atoms with Crippen LogP contribution in [0, 0.1) is 0 Å². The van der Waals surface area contributed by atoms with Crippen molar-refractivity contribution in [2.24, 2.45) is 0 Å². The van der Waals surface area contributed by atoms with Gasteiger partial charge in [-0.3, -0.25) is 9.59 Å². The van der Waals surface area contributed by atoms with Crippen molar-refractivity contribution in [2.45, 2.75) is 6.42 Å². The van der Waals surface area contributed by atoms with Crippen LogP contribution in [0.2, 0.25) is 0 Å². The maximum Gasteiger partial charge on any atom is 0.262 e. The van der Waals surface area contributed by atoms with Crippen molar-refractivity contribution in [2.75, 3.05) is 18.5 Å². The summed E-state index contributed by atoms with van der Waals surface area (Å²) < 4.78 is 5.59. The lowest BCUT2D eigenvalue weighted by Crippen LogP contribution is -2.32. The number of benzene rings is 2. The molecule has 5 nitrogen and oxygen atoms in total. The number of fused-ring (bicyclic) bond motifs is 1. The average Bonchev–Trinajstić information content (AvgIpc) is 2.54. The smallest absolute Gasteiger partial charge is 0.262 e. The molecule has 0 saturated heterocycles. The minimum Gasteiger partial charge on any atom is -0.483 e. The number of anilines is 1. The molecule has 0 aromatic heterocycles. The normalized spacial score (nSPS) is 13.0. The number of nitrogens with one attached hydrogen (secondary N) is 2. The second kappa shape index (κ2) is 6.30. The summed E-state index contributed by atoms with van der Waals surface area (Å²) in [4.78, 5) is 23.7. The Hall–Kier alpha value is -2.82. The van der Waals surface area contributed by atoms with Crippen LogP contribution in [-0.4, -0.2) is 25.0 Å². The van der Waals surface area contributed by atoms with Crippen LogP contribution in [0.15, 0.2) is 48.5 Å². The van der Waals surface area contributed by atoms with Gasteiger partial charge in [-0.15, -0.1) is 0 Å². The fourth-order valence-electron chi connectivity index (χ4n) is 2.43. The summed E-state index contributed by atoms with van der Waals surface area (Å²) in [6.07, 6.45) is 0.706. The first-order valence-corrected chi connectivity index (χ1v) is 7.12. The predicted octanol–water partition coefficient (Wildman–Crippen LogP) is 1.99.